The number of nitrogens with one attached hydrogen (secondary N) is 1. The van der Waals surface area contributed by atoms with E-state index in [1.165, 1.54) is 12.1 Å². The number of anilines is 1. The molecule has 1 heterocycles. The molecule has 1 aromatic carbocycles. The Morgan fingerprint density at radius 1 is 1.38 bits per heavy atom. The number of hydrogen-bond acceptors (Lipinski definition) is 5. The Bertz CT molecular complexity index is 698. The van der Waals surface area contributed by atoms with Gasteiger partial charge in [0.05, 0.1) is 10.6 Å². The van der Waals surface area contributed by atoms with Crippen molar-refractivity contribution in [2.45, 2.75) is 17.9 Å². The average Bonchev–Trinajstić information content (AvgIpc) is 2.40. The molecule has 5 nitrogen and oxygen atoms in total. The molecule has 7 heteroatoms. The van der Waals surface area contributed by atoms with Gasteiger partial charge in [0.1, 0.15) is 17.8 Å². The highest BCUT2D eigenvalue weighted by atomic mass is 32.2. The Balaban J connectivity index is 2.28. The van der Waals surface area contributed by atoms with E-state index in [-0.39, 0.29) is 22.6 Å². The molecule has 0 aromatic heterocycles. The van der Waals surface area contributed by atoms with Crippen molar-refractivity contribution in [3.63, 3.8) is 0 Å². The molecule has 0 saturated carbocycles. The van der Waals surface area contributed by atoms with E-state index in [2.05, 4.69) is 10.3 Å². The Kier molecular flexibility index (Phi) is 4.43. The normalized spacial score (nSPS) is 22.0. The minimum Gasteiger partial charge on any atom is -0.373 e. The van der Waals surface area contributed by atoms with Crippen molar-refractivity contribution in [1.29, 1.82) is 0 Å². The quantitative estimate of drug-likeness (QED) is 0.929. The molecule has 0 radical (unpaired) electrons. The maximum absolute atomic E-state index is 14.0. The van der Waals surface area contributed by atoms with Gasteiger partial charge in [-0.3, -0.25) is 0 Å². The van der Waals surface area contributed by atoms with E-state index < -0.39 is 15.7 Å². The first-order chi connectivity index (χ1) is 9.82. The van der Waals surface area contributed by atoms with Crippen molar-refractivity contribution >= 4 is 21.4 Å². The number of hydrogen-bond donors (Lipinski definition) is 1. The molecule has 0 aliphatic carbocycles. The van der Waals surface area contributed by atoms with Crippen LogP contribution in [0.2, 0.25) is 0 Å². The Hall–Kier alpha value is -1.73. The lowest BCUT2D eigenvalue weighted by Gasteiger charge is -2.25. The molecule has 2 rings (SSSR count). The van der Waals surface area contributed by atoms with Crippen LogP contribution in [-0.2, 0) is 14.6 Å². The summed E-state index contributed by atoms with van der Waals surface area (Å²) in [5.41, 5.74) is 0.158. The van der Waals surface area contributed by atoms with Crippen molar-refractivity contribution in [3.8, 4) is 0 Å². The summed E-state index contributed by atoms with van der Waals surface area (Å²) in [5, 5.41) is 2.86. The first kappa shape index (κ1) is 15.7. The first-order valence-electron chi connectivity index (χ1n) is 6.36. The Labute approximate surface area is 123 Å². The fourth-order valence-corrected chi connectivity index (χ4v) is 2.71. The second-order valence-corrected chi connectivity index (χ2v) is 6.93. The molecule has 0 spiro atoms. The number of nitrogens with zero attached hydrogens (tertiary/aromatic N) is 1. The van der Waals surface area contributed by atoms with Crippen molar-refractivity contribution in [1.82, 2.24) is 0 Å². The molecule has 21 heavy (non-hydrogen) atoms. The Morgan fingerprint density at radius 3 is 2.67 bits per heavy atom. The molecular formula is C14H17FN2O3S. The highest BCUT2D eigenvalue weighted by Crippen LogP contribution is 2.22. The monoisotopic (exact) mass is 312 g/mol. The summed E-state index contributed by atoms with van der Waals surface area (Å²) in [7, 11) is -1.88. The minimum absolute atomic E-state index is 0.0623. The molecule has 0 amide bonds. The molecule has 1 N–H and O–H groups in total. The number of rotatable bonds is 3. The highest BCUT2D eigenvalue weighted by molar-refractivity contribution is 7.90. The van der Waals surface area contributed by atoms with E-state index in [0.29, 0.717) is 5.84 Å². The predicted octanol–water partition coefficient (Wildman–Crippen LogP) is 2.22. The summed E-state index contributed by atoms with van der Waals surface area (Å²) in [4.78, 5) is 4.09. The average molecular weight is 312 g/mol. The van der Waals surface area contributed by atoms with Crippen LogP contribution < -0.4 is 5.32 Å². The Morgan fingerprint density at radius 2 is 2.10 bits per heavy atom. The van der Waals surface area contributed by atoms with Gasteiger partial charge < -0.3 is 10.1 Å². The summed E-state index contributed by atoms with van der Waals surface area (Å²) in [6.07, 6.45) is 4.25. The molecule has 0 fully saturated rings. The topological polar surface area (TPSA) is 67.8 Å². The largest absolute Gasteiger partial charge is 0.373 e. The van der Waals surface area contributed by atoms with Crippen molar-refractivity contribution < 1.29 is 17.5 Å². The maximum atomic E-state index is 14.0. The van der Waals surface area contributed by atoms with Crippen molar-refractivity contribution in [2.24, 2.45) is 10.9 Å². The molecule has 0 saturated heterocycles. The smallest absolute Gasteiger partial charge is 0.175 e. The van der Waals surface area contributed by atoms with E-state index >= 15 is 0 Å². The second kappa shape index (κ2) is 5.95. The fraction of sp³-hybridized carbons (Fsp3) is 0.357. The van der Waals surface area contributed by atoms with Crippen LogP contribution in [0.4, 0.5) is 10.1 Å². The van der Waals surface area contributed by atoms with E-state index in [0.717, 1.165) is 12.3 Å². The minimum atomic E-state index is -3.43. The van der Waals surface area contributed by atoms with Crippen LogP contribution in [0.25, 0.3) is 0 Å². The van der Waals surface area contributed by atoms with Gasteiger partial charge in [0.15, 0.2) is 9.84 Å². The van der Waals surface area contributed by atoms with Crippen LogP contribution in [0.15, 0.2) is 40.4 Å². The zero-order chi connectivity index (χ0) is 15.6. The molecule has 1 aliphatic rings. The van der Waals surface area contributed by atoms with Gasteiger partial charge in [-0.05, 0) is 18.2 Å². The number of ether oxygens (including phenoxy) is 1. The van der Waals surface area contributed by atoms with Crippen LogP contribution in [0.3, 0.4) is 0 Å². The number of methoxy groups -OCH3 is 1. The van der Waals surface area contributed by atoms with Gasteiger partial charge in [-0.1, -0.05) is 13.0 Å². The van der Waals surface area contributed by atoms with Crippen LogP contribution >= 0.6 is 0 Å². The molecule has 1 aromatic rings. The lowest BCUT2D eigenvalue weighted by molar-refractivity contribution is 0.126. The van der Waals surface area contributed by atoms with E-state index in [1.807, 2.05) is 13.0 Å². The van der Waals surface area contributed by atoms with Crippen LogP contribution in [0, 0.1) is 11.7 Å². The predicted molar refractivity (Wildman–Crippen MR) is 79.7 cm³/mol. The summed E-state index contributed by atoms with van der Waals surface area (Å²) in [6, 6.07) is 3.72. The maximum Gasteiger partial charge on any atom is 0.175 e. The summed E-state index contributed by atoms with van der Waals surface area (Å²) < 4.78 is 42.1. The van der Waals surface area contributed by atoms with Gasteiger partial charge in [0, 0.05) is 25.5 Å². The van der Waals surface area contributed by atoms with E-state index in [4.69, 9.17) is 4.74 Å². The lowest BCUT2D eigenvalue weighted by atomic mass is 10.0. The highest BCUT2D eigenvalue weighted by Gasteiger charge is 2.24. The molecule has 114 valence electrons. The molecule has 0 bridgehead atoms. The van der Waals surface area contributed by atoms with Crippen molar-refractivity contribution in [2.75, 3.05) is 18.7 Å². The number of benzene rings is 1. The standard InChI is InChI=1S/C14H17FN2O3S/c1-9-6-7-16-14(13(9)20-2)17-12-5-4-10(8-11(12)15)21(3,18)19/h4-9,13H,1-3H3,(H,16,17). The van der Waals surface area contributed by atoms with Crippen molar-refractivity contribution in [3.05, 3.63) is 36.3 Å². The van der Waals surface area contributed by atoms with Gasteiger partial charge in [0.25, 0.3) is 0 Å². The van der Waals surface area contributed by atoms with Gasteiger partial charge in [0.2, 0.25) is 0 Å². The molecular weight excluding hydrogens is 295 g/mol. The summed E-state index contributed by atoms with van der Waals surface area (Å²) in [5.74, 6) is -0.0652. The third kappa shape index (κ3) is 3.48. The zero-order valence-corrected chi connectivity index (χ0v) is 12.8. The fourth-order valence-electron chi connectivity index (χ4n) is 2.08. The second-order valence-electron chi connectivity index (χ2n) is 4.91. The van der Waals surface area contributed by atoms with Crippen LogP contribution in [-0.4, -0.2) is 33.7 Å². The SMILES string of the molecule is COC1C(Nc2ccc(S(C)(=O)=O)cc2F)=NC=CC1C. The zero-order valence-electron chi connectivity index (χ0n) is 12.0. The van der Waals surface area contributed by atoms with Crippen LogP contribution in [0.1, 0.15) is 6.92 Å². The third-order valence-corrected chi connectivity index (χ3v) is 4.35. The molecule has 2 atom stereocenters. The molecule has 1 aliphatic heterocycles. The lowest BCUT2D eigenvalue weighted by Crippen LogP contribution is -2.36. The van der Waals surface area contributed by atoms with E-state index in [9.17, 15) is 12.8 Å². The van der Waals surface area contributed by atoms with Gasteiger partial charge in [-0.2, -0.15) is 0 Å². The van der Waals surface area contributed by atoms with Gasteiger partial charge in [-0.15, -0.1) is 0 Å². The number of aliphatic imine (C=N–C) groups is 1. The number of halogens is 1. The van der Waals surface area contributed by atoms with E-state index in [1.54, 1.807) is 13.3 Å². The summed E-state index contributed by atoms with van der Waals surface area (Å²) >= 11 is 0. The molecule has 2 unspecified atom stereocenters. The number of amidine groups is 1. The third-order valence-electron chi connectivity index (χ3n) is 3.24. The van der Waals surface area contributed by atoms with Gasteiger partial charge >= 0.3 is 0 Å². The van der Waals surface area contributed by atoms with Gasteiger partial charge in [-0.25, -0.2) is 17.8 Å². The number of sulfone groups is 1. The first-order valence-corrected chi connectivity index (χ1v) is 8.26. The summed E-state index contributed by atoms with van der Waals surface area (Å²) in [6.45, 7) is 1.96. The van der Waals surface area contributed by atoms with Crippen LogP contribution in [0.5, 0.6) is 0 Å².